The van der Waals surface area contributed by atoms with E-state index < -0.39 is 18.0 Å². The van der Waals surface area contributed by atoms with Gasteiger partial charge < -0.3 is 15.7 Å². The molecular formula is C10H20N2O3S. The number of carbonyl (C=O) groups is 2. The summed E-state index contributed by atoms with van der Waals surface area (Å²) in [4.78, 5) is 22.2. The summed E-state index contributed by atoms with van der Waals surface area (Å²) in [6, 6.07) is -1.17. The third-order valence-electron chi connectivity index (χ3n) is 2.20. The molecule has 6 heteroatoms. The highest BCUT2D eigenvalue weighted by molar-refractivity contribution is 7.98. The van der Waals surface area contributed by atoms with Crippen molar-refractivity contribution in [3.05, 3.63) is 0 Å². The first-order valence-corrected chi connectivity index (χ1v) is 6.69. The normalized spacial score (nSPS) is 13.9. The third kappa shape index (κ3) is 6.55. The van der Waals surface area contributed by atoms with Gasteiger partial charge in [-0.1, -0.05) is 6.92 Å². The number of amides is 2. The Balaban J connectivity index is 4.07. The van der Waals surface area contributed by atoms with Gasteiger partial charge in [0.1, 0.15) is 6.04 Å². The molecule has 0 aliphatic heterocycles. The van der Waals surface area contributed by atoms with Gasteiger partial charge in [-0.05, 0) is 31.8 Å². The van der Waals surface area contributed by atoms with Crippen molar-refractivity contribution in [2.75, 3.05) is 12.0 Å². The lowest BCUT2D eigenvalue weighted by Gasteiger charge is -2.17. The monoisotopic (exact) mass is 248 g/mol. The van der Waals surface area contributed by atoms with E-state index >= 15 is 0 Å². The first kappa shape index (κ1) is 15.1. The molecule has 0 saturated heterocycles. The molecule has 0 bridgehead atoms. The van der Waals surface area contributed by atoms with Crippen molar-refractivity contribution >= 4 is 23.8 Å². The fourth-order valence-corrected chi connectivity index (χ4v) is 1.49. The van der Waals surface area contributed by atoms with Gasteiger partial charge >= 0.3 is 12.0 Å². The number of nitrogens with one attached hydrogen (secondary N) is 2. The second kappa shape index (κ2) is 8.27. The molecule has 0 aromatic carbocycles. The fourth-order valence-electron chi connectivity index (χ4n) is 1.02. The maximum Gasteiger partial charge on any atom is 0.326 e. The minimum absolute atomic E-state index is 0.0509. The minimum atomic E-state index is -0.992. The van der Waals surface area contributed by atoms with Gasteiger partial charge in [-0.25, -0.2) is 9.59 Å². The average Bonchev–Trinajstić information content (AvgIpc) is 2.23. The van der Waals surface area contributed by atoms with Crippen molar-refractivity contribution in [2.45, 2.75) is 38.8 Å². The van der Waals surface area contributed by atoms with Crippen molar-refractivity contribution in [1.29, 1.82) is 0 Å². The quantitative estimate of drug-likeness (QED) is 0.634. The Hall–Kier alpha value is -0.910. The minimum Gasteiger partial charge on any atom is -0.480 e. The van der Waals surface area contributed by atoms with Crippen molar-refractivity contribution in [3.8, 4) is 0 Å². The van der Waals surface area contributed by atoms with Gasteiger partial charge in [-0.2, -0.15) is 11.8 Å². The van der Waals surface area contributed by atoms with Crippen LogP contribution in [0.2, 0.25) is 0 Å². The van der Waals surface area contributed by atoms with E-state index in [0.29, 0.717) is 12.2 Å². The van der Waals surface area contributed by atoms with Crippen LogP contribution in [-0.4, -0.2) is 41.2 Å². The zero-order valence-electron chi connectivity index (χ0n) is 9.95. The Kier molecular flexibility index (Phi) is 7.80. The molecule has 0 spiro atoms. The van der Waals surface area contributed by atoms with Gasteiger partial charge in [0.05, 0.1) is 0 Å². The first-order chi connectivity index (χ1) is 7.51. The predicted molar refractivity (Wildman–Crippen MR) is 65.8 cm³/mol. The highest BCUT2D eigenvalue weighted by atomic mass is 32.2. The smallest absolute Gasteiger partial charge is 0.326 e. The van der Waals surface area contributed by atoms with Crippen molar-refractivity contribution in [1.82, 2.24) is 10.6 Å². The largest absolute Gasteiger partial charge is 0.480 e. The number of thioether (sulfide) groups is 1. The van der Waals surface area contributed by atoms with Gasteiger partial charge in [0.25, 0.3) is 0 Å². The Morgan fingerprint density at radius 1 is 1.38 bits per heavy atom. The molecule has 0 saturated carbocycles. The average molecular weight is 248 g/mol. The summed E-state index contributed by atoms with van der Waals surface area (Å²) in [5.74, 6) is -0.283. The summed E-state index contributed by atoms with van der Waals surface area (Å²) in [6.45, 7) is 3.82. The molecule has 3 N–H and O–H groups in total. The zero-order valence-corrected chi connectivity index (χ0v) is 10.8. The van der Waals surface area contributed by atoms with E-state index in [-0.39, 0.29) is 6.04 Å². The molecule has 0 aromatic heterocycles. The molecule has 16 heavy (non-hydrogen) atoms. The standard InChI is InChI=1S/C10H20N2O3S/c1-4-7(2)11-10(15)12-8(9(13)14)5-6-16-3/h7-8H,4-6H2,1-3H3,(H,13,14)(H2,11,12,15)/t7?,8-/m1/s1. The SMILES string of the molecule is CCC(C)NC(=O)N[C@H](CCSC)C(=O)O. The molecule has 5 nitrogen and oxygen atoms in total. The maximum absolute atomic E-state index is 11.4. The summed E-state index contributed by atoms with van der Waals surface area (Å²) in [7, 11) is 0. The van der Waals surface area contributed by atoms with Crippen LogP contribution < -0.4 is 10.6 Å². The Bertz CT molecular complexity index is 236. The number of carbonyl (C=O) groups excluding carboxylic acids is 1. The summed E-state index contributed by atoms with van der Waals surface area (Å²) in [5.41, 5.74) is 0. The number of carboxylic acids is 1. The number of urea groups is 1. The van der Waals surface area contributed by atoms with Gasteiger partial charge in [-0.3, -0.25) is 0 Å². The van der Waals surface area contributed by atoms with Crippen LogP contribution in [0, 0.1) is 0 Å². The molecular weight excluding hydrogens is 228 g/mol. The summed E-state index contributed by atoms with van der Waals surface area (Å²) >= 11 is 1.56. The van der Waals surface area contributed by atoms with Crippen LogP contribution in [0.4, 0.5) is 4.79 Å². The Morgan fingerprint density at radius 2 is 2.00 bits per heavy atom. The van der Waals surface area contributed by atoms with E-state index in [2.05, 4.69) is 10.6 Å². The van der Waals surface area contributed by atoms with E-state index in [0.717, 1.165) is 6.42 Å². The van der Waals surface area contributed by atoms with Crippen LogP contribution in [0.5, 0.6) is 0 Å². The van der Waals surface area contributed by atoms with E-state index in [9.17, 15) is 9.59 Å². The van der Waals surface area contributed by atoms with Gasteiger partial charge in [-0.15, -0.1) is 0 Å². The van der Waals surface area contributed by atoms with Gasteiger partial charge in [0.15, 0.2) is 0 Å². The molecule has 0 aliphatic rings. The lowest BCUT2D eigenvalue weighted by atomic mass is 10.2. The Labute approximate surface area is 100 Å². The van der Waals surface area contributed by atoms with E-state index in [1.807, 2.05) is 20.1 Å². The number of carboxylic acid groups (broad SMARTS) is 1. The topological polar surface area (TPSA) is 78.4 Å². The number of rotatable bonds is 7. The molecule has 0 radical (unpaired) electrons. The van der Waals surface area contributed by atoms with Crippen LogP contribution in [-0.2, 0) is 4.79 Å². The van der Waals surface area contributed by atoms with Crippen LogP contribution in [0.3, 0.4) is 0 Å². The zero-order chi connectivity index (χ0) is 12.6. The van der Waals surface area contributed by atoms with E-state index in [1.165, 1.54) is 0 Å². The van der Waals surface area contributed by atoms with Gasteiger partial charge in [0, 0.05) is 6.04 Å². The number of hydrogen-bond acceptors (Lipinski definition) is 3. The summed E-state index contributed by atoms with van der Waals surface area (Å²) in [5, 5.41) is 14.0. The molecule has 0 fully saturated rings. The lowest BCUT2D eigenvalue weighted by Crippen LogP contribution is -2.48. The molecule has 0 aromatic rings. The maximum atomic E-state index is 11.4. The lowest BCUT2D eigenvalue weighted by molar-refractivity contribution is -0.139. The highest BCUT2D eigenvalue weighted by Crippen LogP contribution is 2.01. The van der Waals surface area contributed by atoms with Crippen molar-refractivity contribution < 1.29 is 14.7 Å². The second-order valence-corrected chi connectivity index (χ2v) is 4.58. The predicted octanol–water partition coefficient (Wildman–Crippen LogP) is 1.29. The fraction of sp³-hybridized carbons (Fsp3) is 0.800. The molecule has 2 atom stereocenters. The molecule has 0 rings (SSSR count). The Morgan fingerprint density at radius 3 is 2.44 bits per heavy atom. The molecule has 0 heterocycles. The third-order valence-corrected chi connectivity index (χ3v) is 2.85. The summed E-state index contributed by atoms with van der Waals surface area (Å²) in [6.07, 6.45) is 3.15. The summed E-state index contributed by atoms with van der Waals surface area (Å²) < 4.78 is 0. The molecule has 1 unspecified atom stereocenters. The van der Waals surface area contributed by atoms with Crippen LogP contribution >= 0.6 is 11.8 Å². The number of hydrogen-bond donors (Lipinski definition) is 3. The van der Waals surface area contributed by atoms with E-state index in [4.69, 9.17) is 5.11 Å². The van der Waals surface area contributed by atoms with Crippen LogP contribution in [0.15, 0.2) is 0 Å². The highest BCUT2D eigenvalue weighted by Gasteiger charge is 2.19. The van der Waals surface area contributed by atoms with E-state index in [1.54, 1.807) is 11.8 Å². The van der Waals surface area contributed by atoms with Crippen LogP contribution in [0.25, 0.3) is 0 Å². The second-order valence-electron chi connectivity index (χ2n) is 3.60. The molecule has 2 amide bonds. The van der Waals surface area contributed by atoms with Gasteiger partial charge in [0.2, 0.25) is 0 Å². The molecule has 94 valence electrons. The van der Waals surface area contributed by atoms with Crippen LogP contribution in [0.1, 0.15) is 26.7 Å². The van der Waals surface area contributed by atoms with Crippen molar-refractivity contribution in [3.63, 3.8) is 0 Å². The number of aliphatic carboxylic acids is 1. The van der Waals surface area contributed by atoms with Crippen molar-refractivity contribution in [2.24, 2.45) is 0 Å². The first-order valence-electron chi connectivity index (χ1n) is 5.30. The molecule has 0 aliphatic carbocycles.